The third kappa shape index (κ3) is 4.90. The van der Waals surface area contributed by atoms with Crippen LogP contribution in [-0.4, -0.2) is 33.6 Å². The van der Waals surface area contributed by atoms with Gasteiger partial charge >= 0.3 is 0 Å². The number of carbonyl (C=O) groups excluding carboxylic acids is 2. The van der Waals surface area contributed by atoms with Gasteiger partial charge in [0.05, 0.1) is 6.21 Å². The molecular weight excluding hydrogens is 400 g/mol. The Morgan fingerprint density at radius 1 is 1.32 bits per heavy atom. The van der Waals surface area contributed by atoms with Gasteiger partial charge in [-0.3, -0.25) is 9.59 Å². The van der Waals surface area contributed by atoms with Crippen LogP contribution < -0.4 is 10.6 Å². The maximum absolute atomic E-state index is 12.3. The zero-order chi connectivity index (χ0) is 20.1. The number of rotatable bonds is 5. The molecular formula is C19H17ClN4O3S. The molecule has 1 aliphatic rings. The van der Waals surface area contributed by atoms with Crippen LogP contribution in [-0.2, 0) is 9.59 Å². The molecule has 0 spiro atoms. The molecule has 3 N–H and O–H groups in total. The molecule has 2 amide bonds. The van der Waals surface area contributed by atoms with Crippen LogP contribution >= 0.6 is 23.4 Å². The van der Waals surface area contributed by atoms with Gasteiger partial charge in [0, 0.05) is 22.7 Å². The number of para-hydroxylation sites is 1. The number of aromatic hydroxyl groups is 1. The van der Waals surface area contributed by atoms with E-state index in [4.69, 9.17) is 11.6 Å². The molecule has 0 saturated carbocycles. The van der Waals surface area contributed by atoms with Crippen LogP contribution in [0.25, 0.3) is 0 Å². The van der Waals surface area contributed by atoms with E-state index in [1.807, 2.05) is 6.92 Å². The van der Waals surface area contributed by atoms with Crippen LogP contribution in [0.4, 0.5) is 5.69 Å². The summed E-state index contributed by atoms with van der Waals surface area (Å²) in [5.74, 6) is -0.517. The van der Waals surface area contributed by atoms with Crippen molar-refractivity contribution in [2.24, 2.45) is 10.2 Å². The summed E-state index contributed by atoms with van der Waals surface area (Å²) in [7, 11) is 0. The molecule has 0 unspecified atom stereocenters. The first-order valence-corrected chi connectivity index (χ1v) is 9.61. The lowest BCUT2D eigenvalue weighted by Crippen LogP contribution is -2.28. The second-order valence-electron chi connectivity index (χ2n) is 5.97. The number of carbonyl (C=O) groups is 2. The second kappa shape index (κ2) is 8.90. The Labute approximate surface area is 170 Å². The average molecular weight is 417 g/mol. The summed E-state index contributed by atoms with van der Waals surface area (Å²) in [6.45, 7) is 1.81. The second-order valence-corrected chi connectivity index (χ2v) is 7.57. The number of amidine groups is 1. The molecule has 1 fully saturated rings. The largest absolute Gasteiger partial charge is 0.507 e. The van der Waals surface area contributed by atoms with E-state index >= 15 is 0 Å². The highest BCUT2D eigenvalue weighted by molar-refractivity contribution is 8.15. The number of thioether (sulfide) groups is 1. The number of hydrogen-bond donors (Lipinski definition) is 3. The van der Waals surface area contributed by atoms with E-state index in [0.717, 1.165) is 17.3 Å². The smallest absolute Gasteiger partial charge is 0.240 e. The van der Waals surface area contributed by atoms with Gasteiger partial charge in [-0.15, -0.1) is 5.10 Å². The number of phenols is 1. The highest BCUT2D eigenvalue weighted by atomic mass is 35.5. The Hall–Kier alpha value is -2.84. The molecule has 3 rings (SSSR count). The molecule has 2 aromatic carbocycles. The van der Waals surface area contributed by atoms with Crippen LogP contribution in [0.2, 0.25) is 5.02 Å². The minimum atomic E-state index is -0.599. The van der Waals surface area contributed by atoms with Gasteiger partial charge in [-0.2, -0.15) is 5.10 Å². The van der Waals surface area contributed by atoms with Crippen LogP contribution in [0.3, 0.4) is 0 Å². The number of nitrogens with zero attached hydrogens (tertiary/aromatic N) is 2. The quantitative estimate of drug-likeness (QED) is 0.514. The van der Waals surface area contributed by atoms with Crippen LogP contribution in [0, 0.1) is 6.92 Å². The van der Waals surface area contributed by atoms with E-state index in [1.54, 1.807) is 36.4 Å². The predicted molar refractivity (Wildman–Crippen MR) is 112 cm³/mol. The molecule has 1 saturated heterocycles. The number of halogens is 1. The summed E-state index contributed by atoms with van der Waals surface area (Å²) in [5, 5.41) is 23.1. The van der Waals surface area contributed by atoms with Crippen molar-refractivity contribution in [3.8, 4) is 5.75 Å². The fraction of sp³-hybridized carbons (Fsp3) is 0.158. The fourth-order valence-corrected chi connectivity index (χ4v) is 3.54. The van der Waals surface area contributed by atoms with Gasteiger partial charge in [0.1, 0.15) is 11.0 Å². The zero-order valence-electron chi connectivity index (χ0n) is 14.8. The minimum Gasteiger partial charge on any atom is -0.507 e. The van der Waals surface area contributed by atoms with Gasteiger partial charge in [-0.05, 0) is 36.8 Å². The first-order chi connectivity index (χ1) is 13.4. The van der Waals surface area contributed by atoms with Gasteiger partial charge in [0.15, 0.2) is 5.17 Å². The third-order valence-electron chi connectivity index (χ3n) is 3.97. The standard InChI is InChI=1S/C19H17ClN4O3S/c1-11-13(20)6-4-7-14(11)22-17(26)9-16-18(27)23-19(28-16)24-21-10-12-5-2-3-8-15(12)25/h2-8,10,16,25H,9H2,1H3,(H,22,26)(H,23,24,27)/b21-10-/t16-/m1/s1. The van der Waals surface area contributed by atoms with Crippen molar-refractivity contribution in [3.05, 3.63) is 58.6 Å². The summed E-state index contributed by atoms with van der Waals surface area (Å²) in [6, 6.07) is 11.9. The lowest BCUT2D eigenvalue weighted by Gasteiger charge is -2.10. The number of nitrogens with one attached hydrogen (secondary N) is 2. The van der Waals surface area contributed by atoms with Crippen LogP contribution in [0.1, 0.15) is 17.5 Å². The molecule has 0 aliphatic carbocycles. The Bertz CT molecular complexity index is 977. The lowest BCUT2D eigenvalue weighted by molar-refractivity contribution is -0.122. The van der Waals surface area contributed by atoms with Gasteiger partial charge in [-0.25, -0.2) is 0 Å². The van der Waals surface area contributed by atoms with Crippen molar-refractivity contribution in [1.29, 1.82) is 0 Å². The van der Waals surface area contributed by atoms with Gasteiger partial charge in [0.2, 0.25) is 11.8 Å². The summed E-state index contributed by atoms with van der Waals surface area (Å²) >= 11 is 7.18. The van der Waals surface area contributed by atoms with Crippen molar-refractivity contribution in [1.82, 2.24) is 5.32 Å². The van der Waals surface area contributed by atoms with Crippen molar-refractivity contribution >= 4 is 52.2 Å². The molecule has 0 radical (unpaired) electrons. The molecule has 144 valence electrons. The maximum atomic E-state index is 12.3. The van der Waals surface area contributed by atoms with Gasteiger partial charge < -0.3 is 15.7 Å². The first-order valence-electron chi connectivity index (χ1n) is 8.35. The number of benzene rings is 2. The SMILES string of the molecule is Cc1c(Cl)cccc1NC(=O)C[C@H]1S/C(=N/N=C\c2ccccc2O)NC1=O. The predicted octanol–water partition coefficient (Wildman–Crippen LogP) is 3.30. The Morgan fingerprint density at radius 3 is 2.89 bits per heavy atom. The van der Waals surface area contributed by atoms with Crippen molar-refractivity contribution in [2.75, 3.05) is 5.32 Å². The molecule has 7 nitrogen and oxygen atoms in total. The summed E-state index contributed by atoms with van der Waals surface area (Å²) < 4.78 is 0. The monoisotopic (exact) mass is 416 g/mol. The van der Waals surface area contributed by atoms with Gasteiger partial charge in [-0.1, -0.05) is 41.6 Å². The van der Waals surface area contributed by atoms with Gasteiger partial charge in [0.25, 0.3) is 0 Å². The number of phenolic OH excluding ortho intramolecular Hbond substituents is 1. The maximum Gasteiger partial charge on any atom is 0.240 e. The first kappa shape index (κ1) is 19.9. The Balaban J connectivity index is 1.59. The summed E-state index contributed by atoms with van der Waals surface area (Å²) in [4.78, 5) is 24.4. The Kier molecular flexibility index (Phi) is 6.33. The molecule has 0 aromatic heterocycles. The summed E-state index contributed by atoms with van der Waals surface area (Å²) in [6.07, 6.45) is 1.38. The molecule has 1 atom stereocenters. The van der Waals surface area contributed by atoms with E-state index in [1.165, 1.54) is 12.3 Å². The summed E-state index contributed by atoms with van der Waals surface area (Å²) in [5.41, 5.74) is 1.89. The van der Waals surface area contributed by atoms with Crippen molar-refractivity contribution in [2.45, 2.75) is 18.6 Å². The number of anilines is 1. The minimum absolute atomic E-state index is 0.00926. The molecule has 28 heavy (non-hydrogen) atoms. The van der Waals surface area contributed by atoms with Crippen molar-refractivity contribution < 1.29 is 14.7 Å². The highest BCUT2D eigenvalue weighted by Gasteiger charge is 2.32. The molecule has 9 heteroatoms. The van der Waals surface area contributed by atoms with E-state index in [9.17, 15) is 14.7 Å². The lowest BCUT2D eigenvalue weighted by atomic mass is 10.2. The fourth-order valence-electron chi connectivity index (χ4n) is 2.44. The van der Waals surface area contributed by atoms with E-state index < -0.39 is 5.25 Å². The van der Waals surface area contributed by atoms with Crippen LogP contribution in [0.5, 0.6) is 5.75 Å². The molecule has 1 aliphatic heterocycles. The highest BCUT2D eigenvalue weighted by Crippen LogP contribution is 2.26. The molecule has 2 aromatic rings. The van der Waals surface area contributed by atoms with E-state index in [2.05, 4.69) is 20.8 Å². The molecule has 1 heterocycles. The normalized spacial score (nSPS) is 17.9. The topological polar surface area (TPSA) is 103 Å². The van der Waals surface area contributed by atoms with Crippen molar-refractivity contribution in [3.63, 3.8) is 0 Å². The molecule has 0 bridgehead atoms. The van der Waals surface area contributed by atoms with E-state index in [0.29, 0.717) is 21.4 Å². The van der Waals surface area contributed by atoms with Crippen LogP contribution in [0.15, 0.2) is 52.7 Å². The number of hydrogen-bond acceptors (Lipinski definition) is 6. The third-order valence-corrected chi connectivity index (χ3v) is 5.45. The number of amides is 2. The van der Waals surface area contributed by atoms with E-state index in [-0.39, 0.29) is 24.0 Å². The Morgan fingerprint density at radius 2 is 2.11 bits per heavy atom. The zero-order valence-corrected chi connectivity index (χ0v) is 16.4. The average Bonchev–Trinajstić information content (AvgIpc) is 3.00.